The van der Waals surface area contributed by atoms with E-state index in [-0.39, 0.29) is 0 Å². The van der Waals surface area contributed by atoms with Crippen LogP contribution >= 0.6 is 0 Å². The molecular formula is C53H33N5. The standard InChI is InChI=1S/C53H33N5/c54-34-35-26-28-52-45(30-35)43-22-9-12-25-50(43)58(52)51-29-27-39(53-55-46(36-14-3-1-4-15-36)33-47(56-53)37-16-5-2-6-17-37)32-44(51)38-18-13-19-40(31-38)57-48-23-10-7-20-41(48)42-21-8-11-24-49(42)57/h1-33H. The summed E-state index contributed by atoms with van der Waals surface area (Å²) in [4.78, 5) is 10.4. The summed E-state index contributed by atoms with van der Waals surface area (Å²) in [7, 11) is 0. The zero-order valence-corrected chi connectivity index (χ0v) is 31.3. The van der Waals surface area contributed by atoms with Gasteiger partial charge in [0.15, 0.2) is 5.82 Å². The van der Waals surface area contributed by atoms with E-state index in [1.54, 1.807) is 0 Å². The van der Waals surface area contributed by atoms with Crippen LogP contribution in [0.15, 0.2) is 200 Å². The largest absolute Gasteiger partial charge is 0.309 e. The molecule has 0 atom stereocenters. The van der Waals surface area contributed by atoms with Crippen molar-refractivity contribution in [3.05, 3.63) is 206 Å². The number of fused-ring (bicyclic) bond motifs is 6. The molecule has 0 bridgehead atoms. The summed E-state index contributed by atoms with van der Waals surface area (Å²) >= 11 is 0. The summed E-state index contributed by atoms with van der Waals surface area (Å²) < 4.78 is 4.69. The molecule has 0 aliphatic rings. The predicted molar refractivity (Wildman–Crippen MR) is 237 cm³/mol. The fourth-order valence-corrected chi connectivity index (χ4v) is 8.51. The van der Waals surface area contributed by atoms with Crippen LogP contribution in [0.5, 0.6) is 0 Å². The van der Waals surface area contributed by atoms with E-state index in [0.717, 1.165) is 83.4 Å². The second-order valence-corrected chi connectivity index (χ2v) is 14.5. The highest BCUT2D eigenvalue weighted by atomic mass is 15.0. The van der Waals surface area contributed by atoms with Crippen LogP contribution in [0.1, 0.15) is 5.56 Å². The molecule has 5 heteroatoms. The van der Waals surface area contributed by atoms with Crippen LogP contribution in [-0.2, 0) is 0 Å². The van der Waals surface area contributed by atoms with Gasteiger partial charge in [0.2, 0.25) is 0 Å². The van der Waals surface area contributed by atoms with Gasteiger partial charge in [0.05, 0.1) is 50.8 Å². The molecule has 5 nitrogen and oxygen atoms in total. The van der Waals surface area contributed by atoms with Crippen LogP contribution < -0.4 is 0 Å². The first-order valence-electron chi connectivity index (χ1n) is 19.4. The van der Waals surface area contributed by atoms with Gasteiger partial charge in [0.25, 0.3) is 0 Å². The summed E-state index contributed by atoms with van der Waals surface area (Å²) in [6, 6.07) is 72.1. The molecule has 11 rings (SSSR count). The van der Waals surface area contributed by atoms with Crippen LogP contribution in [0.2, 0.25) is 0 Å². The van der Waals surface area contributed by atoms with Crippen LogP contribution in [-0.4, -0.2) is 19.1 Å². The van der Waals surface area contributed by atoms with Crippen molar-refractivity contribution in [1.29, 1.82) is 5.26 Å². The molecule has 11 aromatic rings. The minimum atomic E-state index is 0.634. The lowest BCUT2D eigenvalue weighted by Crippen LogP contribution is -2.01. The van der Waals surface area contributed by atoms with Crippen LogP contribution in [0, 0.1) is 11.3 Å². The summed E-state index contributed by atoms with van der Waals surface area (Å²) in [6.07, 6.45) is 0. The van der Waals surface area contributed by atoms with Gasteiger partial charge in [-0.25, -0.2) is 9.97 Å². The average Bonchev–Trinajstić information content (AvgIpc) is 3.82. The van der Waals surface area contributed by atoms with Gasteiger partial charge in [-0.15, -0.1) is 0 Å². The summed E-state index contributed by atoms with van der Waals surface area (Å²) in [5.41, 5.74) is 13.9. The Labute approximate surface area is 335 Å². The lowest BCUT2D eigenvalue weighted by Gasteiger charge is -2.17. The van der Waals surface area contributed by atoms with Gasteiger partial charge in [0, 0.05) is 49.5 Å². The molecule has 0 aliphatic carbocycles. The Bertz CT molecular complexity index is 3290. The van der Waals surface area contributed by atoms with Crippen molar-refractivity contribution in [2.75, 3.05) is 0 Å². The Kier molecular flexibility index (Phi) is 7.80. The molecule has 0 saturated heterocycles. The molecule has 3 heterocycles. The Morgan fingerprint density at radius 1 is 0.379 bits per heavy atom. The van der Waals surface area contributed by atoms with Crippen molar-refractivity contribution < 1.29 is 0 Å². The molecule has 270 valence electrons. The van der Waals surface area contributed by atoms with Crippen molar-refractivity contribution in [1.82, 2.24) is 19.1 Å². The number of nitrogens with zero attached hydrogens (tertiary/aromatic N) is 5. The van der Waals surface area contributed by atoms with E-state index < -0.39 is 0 Å². The Morgan fingerprint density at radius 2 is 0.914 bits per heavy atom. The number of benzene rings is 8. The lowest BCUT2D eigenvalue weighted by molar-refractivity contribution is 1.16. The van der Waals surface area contributed by atoms with E-state index in [9.17, 15) is 5.26 Å². The van der Waals surface area contributed by atoms with Crippen LogP contribution in [0.25, 0.3) is 100 Å². The van der Waals surface area contributed by atoms with E-state index >= 15 is 0 Å². The smallest absolute Gasteiger partial charge is 0.160 e. The molecule has 0 fully saturated rings. The third-order valence-electron chi connectivity index (χ3n) is 11.2. The SMILES string of the molecule is N#Cc1ccc2c(c1)c1ccccc1n2-c1ccc(-c2nc(-c3ccccc3)cc(-c3ccccc3)n2)cc1-c1cccc(-n2c3ccccc3c3ccccc32)c1. The number of rotatable bonds is 6. The molecule has 0 amide bonds. The van der Waals surface area contributed by atoms with Gasteiger partial charge < -0.3 is 9.13 Å². The fraction of sp³-hybridized carbons (Fsp3) is 0. The summed E-state index contributed by atoms with van der Waals surface area (Å²) in [5, 5.41) is 14.4. The van der Waals surface area contributed by atoms with Crippen molar-refractivity contribution in [2.45, 2.75) is 0 Å². The predicted octanol–water partition coefficient (Wildman–Crippen LogP) is 13.2. The molecule has 0 aliphatic heterocycles. The van der Waals surface area contributed by atoms with Gasteiger partial charge >= 0.3 is 0 Å². The molecule has 0 saturated carbocycles. The van der Waals surface area contributed by atoms with Crippen molar-refractivity contribution in [3.8, 4) is 62.5 Å². The Morgan fingerprint density at radius 3 is 1.53 bits per heavy atom. The number of nitriles is 1. The van der Waals surface area contributed by atoms with E-state index in [1.807, 2.05) is 48.5 Å². The molecule has 0 N–H and O–H groups in total. The maximum absolute atomic E-state index is 9.87. The van der Waals surface area contributed by atoms with Crippen molar-refractivity contribution in [2.24, 2.45) is 0 Å². The first-order chi connectivity index (χ1) is 28.7. The average molecular weight is 740 g/mol. The zero-order chi connectivity index (χ0) is 38.6. The molecule has 0 spiro atoms. The van der Waals surface area contributed by atoms with Crippen LogP contribution in [0.3, 0.4) is 0 Å². The van der Waals surface area contributed by atoms with Gasteiger partial charge in [-0.2, -0.15) is 5.26 Å². The highest BCUT2D eigenvalue weighted by Crippen LogP contribution is 2.40. The van der Waals surface area contributed by atoms with Crippen LogP contribution in [0.4, 0.5) is 0 Å². The molecular weight excluding hydrogens is 707 g/mol. The van der Waals surface area contributed by atoms with E-state index in [2.05, 4.69) is 167 Å². The second kappa shape index (κ2) is 13.6. The first kappa shape index (κ1) is 33.3. The van der Waals surface area contributed by atoms with Gasteiger partial charge in [-0.3, -0.25) is 0 Å². The quantitative estimate of drug-likeness (QED) is 0.171. The third kappa shape index (κ3) is 5.47. The third-order valence-corrected chi connectivity index (χ3v) is 11.2. The zero-order valence-electron chi connectivity index (χ0n) is 31.3. The summed E-state index contributed by atoms with van der Waals surface area (Å²) in [5.74, 6) is 0.646. The minimum absolute atomic E-state index is 0.634. The topological polar surface area (TPSA) is 59.4 Å². The number of aromatic nitrogens is 4. The van der Waals surface area contributed by atoms with Gasteiger partial charge in [-0.1, -0.05) is 127 Å². The second-order valence-electron chi connectivity index (χ2n) is 14.5. The maximum Gasteiger partial charge on any atom is 0.160 e. The molecule has 0 radical (unpaired) electrons. The van der Waals surface area contributed by atoms with Crippen molar-refractivity contribution >= 4 is 43.6 Å². The monoisotopic (exact) mass is 739 g/mol. The molecule has 0 unspecified atom stereocenters. The highest BCUT2D eigenvalue weighted by Gasteiger charge is 2.20. The fourth-order valence-electron chi connectivity index (χ4n) is 8.51. The number of hydrogen-bond acceptors (Lipinski definition) is 3. The Balaban J connectivity index is 1.18. The highest BCUT2D eigenvalue weighted by molar-refractivity contribution is 6.11. The first-order valence-corrected chi connectivity index (χ1v) is 19.4. The van der Waals surface area contributed by atoms with E-state index in [4.69, 9.17) is 9.97 Å². The maximum atomic E-state index is 9.87. The minimum Gasteiger partial charge on any atom is -0.309 e. The van der Waals surface area contributed by atoms with Crippen molar-refractivity contribution in [3.63, 3.8) is 0 Å². The van der Waals surface area contributed by atoms with Gasteiger partial charge in [0.1, 0.15) is 0 Å². The molecule has 8 aromatic carbocycles. The normalized spacial score (nSPS) is 11.4. The van der Waals surface area contributed by atoms with E-state index in [0.29, 0.717) is 11.4 Å². The number of para-hydroxylation sites is 3. The molecule has 3 aromatic heterocycles. The van der Waals surface area contributed by atoms with E-state index in [1.165, 1.54) is 10.8 Å². The summed E-state index contributed by atoms with van der Waals surface area (Å²) in [6.45, 7) is 0. The van der Waals surface area contributed by atoms with Gasteiger partial charge in [-0.05, 0) is 78.4 Å². The Hall–Kier alpha value is -8.07. The number of hydrogen-bond donors (Lipinski definition) is 0. The molecule has 58 heavy (non-hydrogen) atoms. The lowest BCUT2D eigenvalue weighted by atomic mass is 9.99.